The summed E-state index contributed by atoms with van der Waals surface area (Å²) in [7, 11) is 0. The summed E-state index contributed by atoms with van der Waals surface area (Å²) < 4.78 is 5.56. The van der Waals surface area contributed by atoms with Crippen LogP contribution in [-0.4, -0.2) is 62.9 Å². The van der Waals surface area contributed by atoms with Crippen LogP contribution in [0.25, 0.3) is 11.0 Å². The van der Waals surface area contributed by atoms with Crippen molar-refractivity contribution in [2.45, 2.75) is 86.9 Å². The van der Waals surface area contributed by atoms with E-state index in [1.54, 1.807) is 26.7 Å². The number of hydrogen-bond donors (Lipinski definition) is 4. The second-order valence-corrected chi connectivity index (χ2v) is 15.7. The number of nitrogens with two attached hydrogens (primary N) is 2. The van der Waals surface area contributed by atoms with E-state index in [0.29, 0.717) is 54.2 Å². The number of nitrogens with one attached hydrogen (secondary N) is 2. The maximum atomic E-state index is 13.0. The summed E-state index contributed by atoms with van der Waals surface area (Å²) in [5, 5.41) is 11.5. The van der Waals surface area contributed by atoms with Crippen molar-refractivity contribution in [3.63, 3.8) is 0 Å². The van der Waals surface area contributed by atoms with Gasteiger partial charge in [-0.05, 0) is 37.8 Å². The zero-order chi connectivity index (χ0) is 36.4. The zero-order valence-electron chi connectivity index (χ0n) is 30.2. The highest BCUT2D eigenvalue weighted by atomic mass is 16.2. The molecule has 266 valence electrons. The van der Waals surface area contributed by atoms with Gasteiger partial charge in [0.15, 0.2) is 6.54 Å². The van der Waals surface area contributed by atoms with E-state index in [1.165, 1.54) is 6.20 Å². The highest BCUT2D eigenvalue weighted by Crippen LogP contribution is 2.35. The van der Waals surface area contributed by atoms with Crippen LogP contribution in [0.3, 0.4) is 0 Å². The summed E-state index contributed by atoms with van der Waals surface area (Å²) in [5.74, 6) is -1.16. The Kier molecular flexibility index (Phi) is 8.56. The van der Waals surface area contributed by atoms with Gasteiger partial charge in [-0.3, -0.25) is 19.2 Å². The number of amides is 4. The number of nitrogens with zero attached hydrogens (tertiary/aromatic N) is 6. The smallest absolute Gasteiger partial charge is 0.257 e. The number of carbonyl (C=O) groups is 4. The van der Waals surface area contributed by atoms with E-state index in [2.05, 4.69) is 57.3 Å². The number of primary amides is 2. The predicted octanol–water partition coefficient (Wildman–Crippen LogP) is 3.56. The Morgan fingerprint density at radius 1 is 0.920 bits per heavy atom. The van der Waals surface area contributed by atoms with Crippen molar-refractivity contribution in [2.75, 3.05) is 33.5 Å². The number of anilines is 4. The number of aromatic nitrogens is 4. The Balaban J connectivity index is 1.39. The van der Waals surface area contributed by atoms with E-state index in [1.807, 2.05) is 41.4 Å². The molecule has 4 aromatic heterocycles. The fourth-order valence-corrected chi connectivity index (χ4v) is 6.45. The van der Waals surface area contributed by atoms with E-state index >= 15 is 0 Å². The molecule has 14 nitrogen and oxygen atoms in total. The van der Waals surface area contributed by atoms with E-state index in [0.717, 1.165) is 17.6 Å². The first-order valence-electron chi connectivity index (χ1n) is 17.2. The first-order chi connectivity index (χ1) is 23.4. The minimum atomic E-state index is -0.628. The molecular formula is C36H49N10O4+. The van der Waals surface area contributed by atoms with Gasteiger partial charge in [-0.2, -0.15) is 5.10 Å². The van der Waals surface area contributed by atoms with Crippen LogP contribution < -0.4 is 36.6 Å². The van der Waals surface area contributed by atoms with Crippen LogP contribution in [0.2, 0.25) is 0 Å². The quantitative estimate of drug-likeness (QED) is 0.138. The molecule has 0 bridgehead atoms. The SMILES string of the molecule is CC1CCN(c2cc3c(NC(C)C(C)(C)C[n+]4cc(C(N)=O)c(NC(C)C(C)(C)C)c5cc(N6CCC6=O)cn54)c(C(N)=O)cnn3c2)C1=O. The van der Waals surface area contributed by atoms with Crippen LogP contribution in [0.4, 0.5) is 22.7 Å². The van der Waals surface area contributed by atoms with E-state index in [-0.39, 0.29) is 40.8 Å². The van der Waals surface area contributed by atoms with E-state index in [4.69, 9.17) is 11.5 Å². The van der Waals surface area contributed by atoms with Crippen molar-refractivity contribution in [1.82, 2.24) is 14.1 Å². The Hall–Kier alpha value is -5.14. The van der Waals surface area contributed by atoms with E-state index < -0.39 is 17.2 Å². The van der Waals surface area contributed by atoms with Gasteiger partial charge in [0.05, 0.1) is 52.4 Å². The number of carbonyl (C=O) groups excluding carboxylic acids is 4. The Labute approximate surface area is 291 Å². The van der Waals surface area contributed by atoms with Crippen LogP contribution in [0, 0.1) is 16.7 Å². The molecule has 0 radical (unpaired) electrons. The molecule has 0 aromatic carbocycles. The topological polar surface area (TPSA) is 176 Å². The standard InChI is InChI=1S/C36H48N10O4/c1-20-9-11-44(34(20)50)23-13-27-30(25(32(37)48)15-39-45(27)16-23)41-22(3)36(7,8)19-42-18-26(33(38)49)31(40-21(2)35(4,5)6)28-14-24(17-46(28)42)43-12-10-29(43)47/h13-18,20-22H,9-12,19H2,1-8H3,(H5,37,38,39,41,48,49)/p+1. The maximum absolute atomic E-state index is 13.0. The van der Waals surface area contributed by atoms with Gasteiger partial charge in [0.1, 0.15) is 11.1 Å². The second-order valence-electron chi connectivity index (χ2n) is 15.7. The summed E-state index contributed by atoms with van der Waals surface area (Å²) in [6.45, 7) is 18.2. The molecule has 4 aromatic rings. The predicted molar refractivity (Wildman–Crippen MR) is 192 cm³/mol. The molecule has 0 saturated carbocycles. The largest absolute Gasteiger partial charge is 0.379 e. The number of rotatable bonds is 11. The van der Waals surface area contributed by atoms with Gasteiger partial charge < -0.3 is 31.9 Å². The molecule has 2 saturated heterocycles. The lowest BCUT2D eigenvalue weighted by atomic mass is 9.85. The average molecular weight is 686 g/mol. The average Bonchev–Trinajstić information content (AvgIpc) is 3.74. The number of fused-ring (bicyclic) bond motifs is 2. The lowest BCUT2D eigenvalue weighted by Crippen LogP contribution is -2.52. The van der Waals surface area contributed by atoms with Gasteiger partial charge in [0, 0.05) is 42.9 Å². The Morgan fingerprint density at radius 3 is 2.10 bits per heavy atom. The highest BCUT2D eigenvalue weighted by molar-refractivity contribution is 6.05. The fraction of sp³-hybridized carbons (Fsp3) is 0.500. The number of hydrogen-bond acceptors (Lipinski definition) is 7. The van der Waals surface area contributed by atoms with Crippen molar-refractivity contribution >= 4 is 57.4 Å². The van der Waals surface area contributed by atoms with Gasteiger partial charge in [0.2, 0.25) is 18.0 Å². The molecule has 2 aliphatic rings. The molecule has 14 heteroatoms. The molecule has 4 amide bonds. The van der Waals surface area contributed by atoms with Crippen molar-refractivity contribution in [3.05, 3.63) is 48.0 Å². The van der Waals surface area contributed by atoms with Crippen LogP contribution in [0.5, 0.6) is 0 Å². The molecular weight excluding hydrogens is 636 g/mol. The number of β-lactam (4-membered cyclic amide) rings is 1. The molecule has 0 spiro atoms. The van der Waals surface area contributed by atoms with Crippen LogP contribution in [0.15, 0.2) is 36.9 Å². The van der Waals surface area contributed by atoms with Gasteiger partial charge in [-0.1, -0.05) is 41.5 Å². The molecule has 0 aliphatic carbocycles. The van der Waals surface area contributed by atoms with Crippen LogP contribution >= 0.6 is 0 Å². The molecule has 3 unspecified atom stereocenters. The summed E-state index contributed by atoms with van der Waals surface area (Å²) in [5.41, 5.74) is 15.7. The molecule has 2 aliphatic heterocycles. The molecule has 6 N–H and O–H groups in total. The molecule has 2 fully saturated rings. The Bertz CT molecular complexity index is 2040. The monoisotopic (exact) mass is 685 g/mol. The molecule has 6 rings (SSSR count). The summed E-state index contributed by atoms with van der Waals surface area (Å²) in [6.07, 6.45) is 8.17. The first kappa shape index (κ1) is 34.7. The van der Waals surface area contributed by atoms with Gasteiger partial charge in [-0.15, -0.1) is 9.20 Å². The van der Waals surface area contributed by atoms with Crippen LogP contribution in [-0.2, 0) is 16.1 Å². The third-order valence-electron chi connectivity index (χ3n) is 10.7. The third kappa shape index (κ3) is 6.11. The van der Waals surface area contributed by atoms with Gasteiger partial charge in [0.25, 0.3) is 11.8 Å². The highest BCUT2D eigenvalue weighted by Gasteiger charge is 2.37. The van der Waals surface area contributed by atoms with Crippen LogP contribution in [0.1, 0.15) is 88.9 Å². The summed E-state index contributed by atoms with van der Waals surface area (Å²) >= 11 is 0. The Morgan fingerprint density at radius 2 is 1.54 bits per heavy atom. The lowest BCUT2D eigenvalue weighted by molar-refractivity contribution is -0.773. The molecule has 6 heterocycles. The third-order valence-corrected chi connectivity index (χ3v) is 10.7. The second kappa shape index (κ2) is 12.3. The van der Waals surface area contributed by atoms with Crippen molar-refractivity contribution in [3.8, 4) is 0 Å². The van der Waals surface area contributed by atoms with Gasteiger partial charge in [-0.25, -0.2) is 4.52 Å². The summed E-state index contributed by atoms with van der Waals surface area (Å²) in [6, 6.07) is 3.51. The maximum Gasteiger partial charge on any atom is 0.257 e. The van der Waals surface area contributed by atoms with Crippen molar-refractivity contribution in [1.29, 1.82) is 0 Å². The minimum Gasteiger partial charge on any atom is -0.379 e. The van der Waals surface area contributed by atoms with E-state index in [9.17, 15) is 19.2 Å². The van der Waals surface area contributed by atoms with Gasteiger partial charge >= 0.3 is 0 Å². The lowest BCUT2D eigenvalue weighted by Gasteiger charge is -2.31. The molecule has 50 heavy (non-hydrogen) atoms. The van der Waals surface area contributed by atoms with Crippen molar-refractivity contribution < 1.29 is 23.9 Å². The normalized spacial score (nSPS) is 18.1. The molecule has 3 atom stereocenters. The van der Waals surface area contributed by atoms with Crippen molar-refractivity contribution in [2.24, 2.45) is 28.2 Å². The minimum absolute atomic E-state index is 0.0110. The first-order valence-corrected chi connectivity index (χ1v) is 17.2. The summed E-state index contributed by atoms with van der Waals surface area (Å²) in [4.78, 5) is 54.5. The zero-order valence-corrected chi connectivity index (χ0v) is 30.2. The fourth-order valence-electron chi connectivity index (χ4n) is 6.45.